The van der Waals surface area contributed by atoms with E-state index in [1.54, 1.807) is 0 Å². The van der Waals surface area contributed by atoms with Gasteiger partial charge in [-0.1, -0.05) is 126 Å². The molecule has 0 aliphatic rings. The van der Waals surface area contributed by atoms with E-state index < -0.39 is 14.4 Å². The van der Waals surface area contributed by atoms with Crippen LogP contribution in [0, 0.1) is 11.8 Å². The molecule has 3 aromatic carbocycles. The van der Waals surface area contributed by atoms with Gasteiger partial charge in [0.2, 0.25) is 0 Å². The summed E-state index contributed by atoms with van der Waals surface area (Å²) in [6.07, 6.45) is -0.506. The number of benzene rings is 3. The van der Waals surface area contributed by atoms with Crippen LogP contribution in [0.25, 0.3) is 0 Å². The van der Waals surface area contributed by atoms with E-state index in [4.69, 9.17) is 9.16 Å². The molecule has 4 heteroatoms. The number of aliphatic hydroxyl groups is 1. The lowest BCUT2D eigenvalue weighted by Crippen LogP contribution is -2.67. The van der Waals surface area contributed by atoms with E-state index in [1.807, 2.05) is 18.2 Å². The molecule has 34 heavy (non-hydrogen) atoms. The normalized spacial score (nSPS) is 15.0. The van der Waals surface area contributed by atoms with E-state index >= 15 is 0 Å². The molecule has 0 saturated heterocycles. The molecule has 3 nitrogen and oxygen atoms in total. The lowest BCUT2D eigenvalue weighted by Gasteiger charge is -2.44. The van der Waals surface area contributed by atoms with Crippen molar-refractivity contribution in [3.63, 3.8) is 0 Å². The summed E-state index contributed by atoms with van der Waals surface area (Å²) in [6.45, 7) is 12.5. The predicted molar refractivity (Wildman–Crippen MR) is 144 cm³/mol. The largest absolute Gasteiger partial charge is 0.407 e. The first-order chi connectivity index (χ1) is 16.3. The van der Waals surface area contributed by atoms with Gasteiger partial charge in [-0.15, -0.1) is 0 Å². The maximum atomic E-state index is 11.1. The number of aliphatic hydroxyl groups excluding tert-OH is 1. The van der Waals surface area contributed by atoms with Crippen LogP contribution in [0.5, 0.6) is 0 Å². The Morgan fingerprint density at radius 1 is 0.706 bits per heavy atom. The van der Waals surface area contributed by atoms with Crippen LogP contribution in [0.2, 0.25) is 5.04 Å². The van der Waals surface area contributed by atoms with E-state index in [0.717, 1.165) is 5.56 Å². The maximum Gasteiger partial charge on any atom is 0.261 e. The fourth-order valence-corrected chi connectivity index (χ4v) is 9.38. The summed E-state index contributed by atoms with van der Waals surface area (Å²) < 4.78 is 12.9. The summed E-state index contributed by atoms with van der Waals surface area (Å²) in [5, 5.41) is 13.5. The van der Waals surface area contributed by atoms with E-state index in [0.29, 0.717) is 19.8 Å². The van der Waals surface area contributed by atoms with Crippen LogP contribution in [0.4, 0.5) is 0 Å². The van der Waals surface area contributed by atoms with Gasteiger partial charge in [0.25, 0.3) is 8.32 Å². The summed E-state index contributed by atoms with van der Waals surface area (Å²) >= 11 is 0. The van der Waals surface area contributed by atoms with Crippen molar-refractivity contribution >= 4 is 18.7 Å². The van der Waals surface area contributed by atoms with Crippen molar-refractivity contribution in [1.29, 1.82) is 0 Å². The Morgan fingerprint density at radius 2 is 1.15 bits per heavy atom. The molecule has 1 N–H and O–H groups in total. The zero-order valence-electron chi connectivity index (χ0n) is 21.3. The molecule has 0 saturated carbocycles. The zero-order valence-corrected chi connectivity index (χ0v) is 22.3. The third-order valence-corrected chi connectivity index (χ3v) is 11.6. The first-order valence-corrected chi connectivity index (χ1v) is 14.2. The maximum absolute atomic E-state index is 11.1. The monoisotopic (exact) mass is 476 g/mol. The molecule has 0 unspecified atom stereocenters. The molecule has 0 radical (unpaired) electrons. The van der Waals surface area contributed by atoms with Crippen molar-refractivity contribution in [2.24, 2.45) is 11.8 Å². The Labute approximate surface area is 206 Å². The van der Waals surface area contributed by atoms with Gasteiger partial charge in [-0.05, 0) is 21.0 Å². The van der Waals surface area contributed by atoms with E-state index in [-0.39, 0.29) is 16.9 Å². The fraction of sp³-hybridized carbons (Fsp3) is 0.400. The Balaban J connectivity index is 1.73. The van der Waals surface area contributed by atoms with E-state index in [9.17, 15) is 5.11 Å². The van der Waals surface area contributed by atoms with Crippen LogP contribution in [-0.2, 0) is 15.8 Å². The molecular weight excluding hydrogens is 436 g/mol. The lowest BCUT2D eigenvalue weighted by atomic mass is 9.95. The minimum absolute atomic E-state index is 0.0152. The molecule has 0 bridgehead atoms. The SMILES string of the molecule is C[C@H](CO[Si](c1ccccc1)(c1ccccc1)C(C)(C)C)[C@@H](O)[C@@H](C)COCc1ccccc1. The van der Waals surface area contributed by atoms with Gasteiger partial charge in [-0.25, -0.2) is 0 Å². The molecule has 182 valence electrons. The first-order valence-electron chi connectivity index (χ1n) is 12.3. The van der Waals surface area contributed by atoms with Gasteiger partial charge in [0.15, 0.2) is 0 Å². The van der Waals surface area contributed by atoms with Gasteiger partial charge in [0.1, 0.15) is 0 Å². The fourth-order valence-electron chi connectivity index (χ4n) is 4.71. The molecule has 0 aliphatic carbocycles. The third-order valence-electron chi connectivity index (χ3n) is 6.64. The standard InChI is InChI=1S/C30H40O3Si/c1-24(21-32-23-26-15-9-6-10-16-26)29(31)25(2)22-33-34(30(3,4)5,27-17-11-7-12-18-27)28-19-13-8-14-20-28/h6-20,24-25,29,31H,21-23H2,1-5H3/t24-,25+,29-/m0/s1. The average molecular weight is 477 g/mol. The molecule has 0 amide bonds. The Kier molecular flexibility index (Phi) is 9.26. The lowest BCUT2D eigenvalue weighted by molar-refractivity contribution is -0.00726. The molecule has 0 fully saturated rings. The van der Waals surface area contributed by atoms with Gasteiger partial charge in [-0.2, -0.15) is 0 Å². The van der Waals surface area contributed by atoms with Crippen LogP contribution < -0.4 is 10.4 Å². The van der Waals surface area contributed by atoms with Crippen molar-refractivity contribution in [3.8, 4) is 0 Å². The average Bonchev–Trinajstić information content (AvgIpc) is 2.85. The number of ether oxygens (including phenoxy) is 1. The predicted octanol–water partition coefficient (Wildman–Crippen LogP) is 5.41. The van der Waals surface area contributed by atoms with Crippen molar-refractivity contribution in [2.75, 3.05) is 13.2 Å². The summed E-state index contributed by atoms with van der Waals surface area (Å²) in [4.78, 5) is 0. The van der Waals surface area contributed by atoms with Crippen molar-refractivity contribution in [3.05, 3.63) is 96.6 Å². The Bertz CT molecular complexity index is 931. The molecule has 0 aromatic heterocycles. The van der Waals surface area contributed by atoms with Crippen molar-refractivity contribution in [1.82, 2.24) is 0 Å². The highest BCUT2D eigenvalue weighted by molar-refractivity contribution is 6.99. The molecule has 0 spiro atoms. The molecule has 3 atom stereocenters. The quantitative estimate of drug-likeness (QED) is 0.376. The molecule has 0 aliphatic heterocycles. The second kappa shape index (κ2) is 11.9. The number of hydrogen-bond acceptors (Lipinski definition) is 3. The minimum Gasteiger partial charge on any atom is -0.407 e. The Morgan fingerprint density at radius 3 is 1.62 bits per heavy atom. The zero-order chi connectivity index (χ0) is 24.6. The topological polar surface area (TPSA) is 38.7 Å². The van der Waals surface area contributed by atoms with Gasteiger partial charge < -0.3 is 14.3 Å². The van der Waals surface area contributed by atoms with Gasteiger partial charge in [-0.3, -0.25) is 0 Å². The van der Waals surface area contributed by atoms with E-state index in [2.05, 4.69) is 107 Å². The van der Waals surface area contributed by atoms with Crippen molar-refractivity contribution < 1.29 is 14.3 Å². The van der Waals surface area contributed by atoms with Gasteiger partial charge in [0, 0.05) is 18.4 Å². The molecule has 3 aromatic rings. The Hall–Kier alpha value is -2.24. The number of hydrogen-bond donors (Lipinski definition) is 1. The van der Waals surface area contributed by atoms with E-state index in [1.165, 1.54) is 10.4 Å². The molecule has 0 heterocycles. The van der Waals surface area contributed by atoms with Gasteiger partial charge >= 0.3 is 0 Å². The van der Waals surface area contributed by atoms with Crippen LogP contribution in [0.15, 0.2) is 91.0 Å². The van der Waals surface area contributed by atoms with Crippen LogP contribution >= 0.6 is 0 Å². The van der Waals surface area contributed by atoms with Crippen molar-refractivity contribution in [2.45, 2.75) is 52.4 Å². The summed E-state index contributed by atoms with van der Waals surface area (Å²) in [6, 6.07) is 31.4. The third kappa shape index (κ3) is 6.25. The van der Waals surface area contributed by atoms with Crippen LogP contribution in [0.3, 0.4) is 0 Å². The summed E-state index contributed by atoms with van der Waals surface area (Å²) in [5.74, 6) is -0.00144. The second-order valence-corrected chi connectivity index (χ2v) is 14.7. The smallest absolute Gasteiger partial charge is 0.261 e. The molecule has 3 rings (SSSR count). The summed E-state index contributed by atoms with van der Waals surface area (Å²) in [5.41, 5.74) is 1.15. The highest BCUT2D eigenvalue weighted by Gasteiger charge is 2.50. The highest BCUT2D eigenvalue weighted by Crippen LogP contribution is 2.37. The first kappa shape index (κ1) is 26.4. The minimum atomic E-state index is -2.60. The van der Waals surface area contributed by atoms with Gasteiger partial charge in [0.05, 0.1) is 19.3 Å². The highest BCUT2D eigenvalue weighted by atomic mass is 28.4. The number of rotatable bonds is 11. The summed E-state index contributed by atoms with van der Waals surface area (Å²) in [7, 11) is -2.60. The van der Waals surface area contributed by atoms with Crippen LogP contribution in [-0.4, -0.2) is 32.7 Å². The molecular formula is C30H40O3Si. The van der Waals surface area contributed by atoms with Crippen LogP contribution in [0.1, 0.15) is 40.2 Å². The second-order valence-electron chi connectivity index (χ2n) is 10.4.